The van der Waals surface area contributed by atoms with E-state index < -0.39 is 0 Å². The molecular weight excluding hydrogens is 250 g/mol. The zero-order valence-electron chi connectivity index (χ0n) is 13.3. The van der Waals surface area contributed by atoms with Crippen LogP contribution in [-0.2, 0) is 14.9 Å². The maximum atomic E-state index is 11.9. The lowest BCUT2D eigenvalue weighted by molar-refractivity contribution is -0.144. The van der Waals surface area contributed by atoms with Gasteiger partial charge in [-0.1, -0.05) is 46.2 Å². The van der Waals surface area contributed by atoms with Crippen molar-refractivity contribution in [2.75, 3.05) is 11.9 Å². The molecule has 0 radical (unpaired) electrons. The van der Waals surface area contributed by atoms with Crippen molar-refractivity contribution in [2.45, 2.75) is 58.9 Å². The van der Waals surface area contributed by atoms with Crippen molar-refractivity contribution in [3.8, 4) is 0 Å². The van der Waals surface area contributed by atoms with Gasteiger partial charge in [0, 0.05) is 5.69 Å². The lowest BCUT2D eigenvalue weighted by atomic mass is 9.87. The molecule has 0 bridgehead atoms. The summed E-state index contributed by atoms with van der Waals surface area (Å²) in [6.07, 6.45) is 1.72. The van der Waals surface area contributed by atoms with E-state index in [1.807, 2.05) is 19.1 Å². The molecule has 0 saturated carbocycles. The first-order valence-corrected chi connectivity index (χ1v) is 7.42. The minimum Gasteiger partial charge on any atom is -0.464 e. The molecule has 0 saturated heterocycles. The summed E-state index contributed by atoms with van der Waals surface area (Å²) in [4.78, 5) is 11.9. The van der Waals surface area contributed by atoms with Crippen LogP contribution in [0.3, 0.4) is 0 Å². The van der Waals surface area contributed by atoms with Gasteiger partial charge in [-0.05, 0) is 36.5 Å². The monoisotopic (exact) mass is 277 g/mol. The third kappa shape index (κ3) is 4.87. The average Bonchev–Trinajstić information content (AvgIpc) is 2.38. The summed E-state index contributed by atoms with van der Waals surface area (Å²) in [5, 5.41) is 3.27. The molecule has 0 aromatic heterocycles. The standard InChI is InChI=1S/C17H27NO2/c1-6-8-15(16(19)20-7-2)18-14-11-9-13(10-12-14)17(3,4)5/h9-12,15,18H,6-8H2,1-5H3. The molecule has 0 aliphatic rings. The summed E-state index contributed by atoms with van der Waals surface area (Å²) in [6.45, 7) is 10.9. The van der Waals surface area contributed by atoms with Crippen LogP contribution < -0.4 is 5.32 Å². The Kier molecular flexibility index (Phi) is 6.05. The van der Waals surface area contributed by atoms with Crippen molar-refractivity contribution in [3.05, 3.63) is 29.8 Å². The van der Waals surface area contributed by atoms with E-state index >= 15 is 0 Å². The Morgan fingerprint density at radius 2 is 1.80 bits per heavy atom. The fourth-order valence-corrected chi connectivity index (χ4v) is 2.05. The summed E-state index contributed by atoms with van der Waals surface area (Å²) in [5.41, 5.74) is 2.39. The Bertz CT molecular complexity index is 418. The third-order valence-corrected chi connectivity index (χ3v) is 3.24. The van der Waals surface area contributed by atoms with Crippen LogP contribution in [0.25, 0.3) is 0 Å². The highest BCUT2D eigenvalue weighted by Gasteiger charge is 2.19. The molecule has 0 spiro atoms. The minimum atomic E-state index is -0.263. The Morgan fingerprint density at radius 3 is 2.25 bits per heavy atom. The van der Waals surface area contributed by atoms with Gasteiger partial charge in [0.05, 0.1) is 6.61 Å². The summed E-state index contributed by atoms with van der Waals surface area (Å²) in [5.74, 6) is -0.172. The van der Waals surface area contributed by atoms with Gasteiger partial charge in [0.25, 0.3) is 0 Å². The molecule has 1 unspecified atom stereocenters. The first kappa shape index (κ1) is 16.5. The van der Waals surface area contributed by atoms with Gasteiger partial charge in [-0.2, -0.15) is 0 Å². The maximum Gasteiger partial charge on any atom is 0.328 e. The van der Waals surface area contributed by atoms with Crippen molar-refractivity contribution < 1.29 is 9.53 Å². The lowest BCUT2D eigenvalue weighted by Gasteiger charge is -2.21. The van der Waals surface area contributed by atoms with Crippen LogP contribution in [0.4, 0.5) is 5.69 Å². The fraction of sp³-hybridized carbons (Fsp3) is 0.588. The van der Waals surface area contributed by atoms with Gasteiger partial charge in [0.2, 0.25) is 0 Å². The average molecular weight is 277 g/mol. The number of nitrogens with one attached hydrogen (secondary N) is 1. The largest absolute Gasteiger partial charge is 0.464 e. The Balaban J connectivity index is 2.76. The maximum absolute atomic E-state index is 11.9. The second-order valence-electron chi connectivity index (χ2n) is 6.06. The van der Waals surface area contributed by atoms with Gasteiger partial charge in [-0.25, -0.2) is 4.79 Å². The van der Waals surface area contributed by atoms with E-state index in [4.69, 9.17) is 4.74 Å². The summed E-state index contributed by atoms with van der Waals surface area (Å²) in [7, 11) is 0. The van der Waals surface area contributed by atoms with Gasteiger partial charge >= 0.3 is 5.97 Å². The molecule has 1 rings (SSSR count). The number of ether oxygens (including phenoxy) is 1. The first-order chi connectivity index (χ1) is 9.38. The molecular formula is C17H27NO2. The minimum absolute atomic E-state index is 0.141. The molecule has 3 nitrogen and oxygen atoms in total. The van der Waals surface area contributed by atoms with Gasteiger partial charge in [-0.3, -0.25) is 0 Å². The Hall–Kier alpha value is -1.51. The van der Waals surface area contributed by atoms with Crippen LogP contribution in [0.15, 0.2) is 24.3 Å². The smallest absolute Gasteiger partial charge is 0.328 e. The molecule has 1 aromatic carbocycles. The fourth-order valence-electron chi connectivity index (χ4n) is 2.05. The number of carbonyl (C=O) groups is 1. The van der Waals surface area contributed by atoms with E-state index in [1.54, 1.807) is 0 Å². The van der Waals surface area contributed by atoms with Crippen LogP contribution in [0.5, 0.6) is 0 Å². The van der Waals surface area contributed by atoms with Crippen LogP contribution in [-0.4, -0.2) is 18.6 Å². The summed E-state index contributed by atoms with van der Waals surface area (Å²) < 4.78 is 5.11. The normalized spacial score (nSPS) is 12.8. The van der Waals surface area contributed by atoms with Gasteiger partial charge in [0.1, 0.15) is 6.04 Å². The molecule has 1 atom stereocenters. The van der Waals surface area contributed by atoms with Crippen LogP contribution >= 0.6 is 0 Å². The molecule has 0 amide bonds. The lowest BCUT2D eigenvalue weighted by Crippen LogP contribution is -2.31. The Labute approximate surface area is 122 Å². The molecule has 0 aliphatic carbocycles. The SMILES string of the molecule is CCCC(Nc1ccc(C(C)(C)C)cc1)C(=O)OCC. The zero-order valence-corrected chi connectivity index (χ0v) is 13.3. The van der Waals surface area contributed by atoms with Crippen LogP contribution in [0.1, 0.15) is 53.0 Å². The highest BCUT2D eigenvalue weighted by atomic mass is 16.5. The highest BCUT2D eigenvalue weighted by molar-refractivity contribution is 5.79. The van der Waals surface area contributed by atoms with Crippen molar-refractivity contribution in [1.82, 2.24) is 0 Å². The zero-order chi connectivity index (χ0) is 15.2. The predicted octanol–water partition coefficient (Wildman–Crippen LogP) is 4.13. The van der Waals surface area contributed by atoms with Crippen molar-refractivity contribution in [3.63, 3.8) is 0 Å². The van der Waals surface area contributed by atoms with Crippen molar-refractivity contribution in [1.29, 1.82) is 0 Å². The van der Waals surface area contributed by atoms with Crippen molar-refractivity contribution in [2.24, 2.45) is 0 Å². The number of anilines is 1. The molecule has 0 heterocycles. The van der Waals surface area contributed by atoms with E-state index in [-0.39, 0.29) is 17.4 Å². The molecule has 0 aliphatic heterocycles. The summed E-state index contributed by atoms with van der Waals surface area (Å²) in [6, 6.07) is 8.01. The van der Waals surface area contributed by atoms with Crippen LogP contribution in [0, 0.1) is 0 Å². The van der Waals surface area contributed by atoms with Gasteiger partial charge < -0.3 is 10.1 Å². The summed E-state index contributed by atoms with van der Waals surface area (Å²) >= 11 is 0. The number of hydrogen-bond donors (Lipinski definition) is 1. The van der Waals surface area contributed by atoms with E-state index in [2.05, 4.69) is 45.1 Å². The van der Waals surface area contributed by atoms with Crippen molar-refractivity contribution >= 4 is 11.7 Å². The van der Waals surface area contributed by atoms with E-state index in [1.165, 1.54) is 5.56 Å². The number of rotatable bonds is 6. The second kappa shape index (κ2) is 7.32. The van der Waals surface area contributed by atoms with E-state index in [0.29, 0.717) is 6.61 Å². The number of benzene rings is 1. The number of esters is 1. The predicted molar refractivity (Wildman–Crippen MR) is 84.1 cm³/mol. The number of carbonyl (C=O) groups excluding carboxylic acids is 1. The molecule has 112 valence electrons. The number of hydrogen-bond acceptors (Lipinski definition) is 3. The quantitative estimate of drug-likeness (QED) is 0.795. The molecule has 1 aromatic rings. The van der Waals surface area contributed by atoms with E-state index in [0.717, 1.165) is 18.5 Å². The molecule has 20 heavy (non-hydrogen) atoms. The topological polar surface area (TPSA) is 38.3 Å². The van der Waals surface area contributed by atoms with Crippen LogP contribution in [0.2, 0.25) is 0 Å². The second-order valence-corrected chi connectivity index (χ2v) is 6.06. The van der Waals surface area contributed by atoms with Gasteiger partial charge in [-0.15, -0.1) is 0 Å². The first-order valence-electron chi connectivity index (χ1n) is 7.42. The van der Waals surface area contributed by atoms with E-state index in [9.17, 15) is 4.79 Å². The Morgan fingerprint density at radius 1 is 1.20 bits per heavy atom. The molecule has 1 N–H and O–H groups in total. The third-order valence-electron chi connectivity index (χ3n) is 3.24. The highest BCUT2D eigenvalue weighted by Crippen LogP contribution is 2.24. The molecule has 3 heteroatoms. The molecule has 0 fully saturated rings. The van der Waals surface area contributed by atoms with Gasteiger partial charge in [0.15, 0.2) is 0 Å².